The predicted octanol–water partition coefficient (Wildman–Crippen LogP) is 4.70. The number of carbonyl (C=O) groups is 3. The number of amides is 2. The van der Waals surface area contributed by atoms with Gasteiger partial charge >= 0.3 is 5.97 Å². The van der Waals surface area contributed by atoms with Gasteiger partial charge in [-0.25, -0.2) is 4.79 Å². The Morgan fingerprint density at radius 3 is 2.81 bits per heavy atom. The van der Waals surface area contributed by atoms with Crippen molar-refractivity contribution in [3.63, 3.8) is 0 Å². The van der Waals surface area contributed by atoms with Gasteiger partial charge in [-0.15, -0.1) is 0 Å². The van der Waals surface area contributed by atoms with Gasteiger partial charge in [-0.3, -0.25) is 14.5 Å². The van der Waals surface area contributed by atoms with E-state index in [4.69, 9.17) is 9.15 Å². The molecule has 1 fully saturated rings. The van der Waals surface area contributed by atoms with Crippen molar-refractivity contribution in [3.05, 3.63) is 51.5 Å². The summed E-state index contributed by atoms with van der Waals surface area (Å²) in [5.74, 6) is -0.0668. The molecule has 0 radical (unpaired) electrons. The molecule has 0 N–H and O–H groups in total. The summed E-state index contributed by atoms with van der Waals surface area (Å²) in [7, 11) is 0. The summed E-state index contributed by atoms with van der Waals surface area (Å²) < 4.78 is 11.6. The molecular formula is C19H16BrNO5S. The Kier molecular flexibility index (Phi) is 5.86. The number of imide groups is 1. The maximum absolute atomic E-state index is 12.6. The molecule has 6 nitrogen and oxygen atoms in total. The van der Waals surface area contributed by atoms with Crippen LogP contribution in [0.2, 0.25) is 0 Å². The van der Waals surface area contributed by atoms with Crippen LogP contribution >= 0.6 is 27.7 Å². The molecule has 1 aromatic heterocycles. The molecule has 2 amide bonds. The van der Waals surface area contributed by atoms with E-state index in [-0.39, 0.29) is 11.5 Å². The van der Waals surface area contributed by atoms with Crippen LogP contribution in [0.25, 0.3) is 17.4 Å². The number of furan rings is 1. The molecule has 0 saturated carbocycles. The number of benzene rings is 1. The molecule has 1 aliphatic heterocycles. The highest BCUT2D eigenvalue weighted by molar-refractivity contribution is 9.10. The Morgan fingerprint density at radius 2 is 2.11 bits per heavy atom. The van der Waals surface area contributed by atoms with Gasteiger partial charge in [0.25, 0.3) is 11.1 Å². The fraction of sp³-hybridized carbons (Fsp3) is 0.211. The minimum absolute atomic E-state index is 0.181. The number of carbonyl (C=O) groups excluding carboxylic acids is 3. The van der Waals surface area contributed by atoms with E-state index in [2.05, 4.69) is 15.9 Å². The molecule has 0 bridgehead atoms. The van der Waals surface area contributed by atoms with Crippen LogP contribution in [0, 0.1) is 0 Å². The average Bonchev–Trinajstić information content (AvgIpc) is 3.20. The largest absolute Gasteiger partial charge is 0.464 e. The van der Waals surface area contributed by atoms with Crippen LogP contribution < -0.4 is 0 Å². The quantitative estimate of drug-likeness (QED) is 0.486. The molecule has 1 atom stereocenters. The molecule has 1 unspecified atom stereocenters. The maximum Gasteiger partial charge on any atom is 0.329 e. The smallest absolute Gasteiger partial charge is 0.329 e. The van der Waals surface area contributed by atoms with Crippen molar-refractivity contribution in [1.29, 1.82) is 0 Å². The summed E-state index contributed by atoms with van der Waals surface area (Å²) in [6.07, 6.45) is 1.50. The second kappa shape index (κ2) is 8.14. The number of ether oxygens (including phenoxy) is 1. The van der Waals surface area contributed by atoms with E-state index in [0.717, 1.165) is 26.7 Å². The second-order valence-electron chi connectivity index (χ2n) is 5.69. The maximum atomic E-state index is 12.6. The fourth-order valence-electron chi connectivity index (χ4n) is 2.54. The van der Waals surface area contributed by atoms with Crippen LogP contribution in [-0.2, 0) is 14.3 Å². The number of thioether (sulfide) groups is 1. The van der Waals surface area contributed by atoms with Gasteiger partial charge in [0.05, 0.1) is 11.5 Å². The summed E-state index contributed by atoms with van der Waals surface area (Å²) in [5.41, 5.74) is 0.882. The highest BCUT2D eigenvalue weighted by Gasteiger charge is 2.41. The predicted molar refractivity (Wildman–Crippen MR) is 106 cm³/mol. The Balaban J connectivity index is 1.81. The lowest BCUT2D eigenvalue weighted by atomic mass is 10.2. The molecule has 1 aromatic carbocycles. The van der Waals surface area contributed by atoms with Crippen LogP contribution in [0.4, 0.5) is 4.79 Å². The lowest BCUT2D eigenvalue weighted by Gasteiger charge is -2.19. The van der Waals surface area contributed by atoms with Crippen molar-refractivity contribution >= 4 is 50.9 Å². The first kappa shape index (κ1) is 19.4. The SMILES string of the molecule is CCOC(=O)C(C)N1C(=O)S/C(=C/c2ccc(-c3cccc(Br)c3)o2)C1=O. The first-order chi connectivity index (χ1) is 12.9. The summed E-state index contributed by atoms with van der Waals surface area (Å²) in [5, 5.41) is -0.509. The van der Waals surface area contributed by atoms with E-state index in [1.54, 1.807) is 19.1 Å². The molecule has 3 rings (SSSR count). The Hall–Kier alpha value is -2.32. The zero-order valence-electron chi connectivity index (χ0n) is 14.6. The van der Waals surface area contributed by atoms with Gasteiger partial charge in [0, 0.05) is 16.1 Å². The first-order valence-electron chi connectivity index (χ1n) is 8.20. The second-order valence-corrected chi connectivity index (χ2v) is 7.60. The van der Waals surface area contributed by atoms with Gasteiger partial charge in [0.1, 0.15) is 17.6 Å². The van der Waals surface area contributed by atoms with Gasteiger partial charge in [0.15, 0.2) is 0 Å². The molecule has 140 valence electrons. The van der Waals surface area contributed by atoms with E-state index >= 15 is 0 Å². The summed E-state index contributed by atoms with van der Waals surface area (Å²) in [6, 6.07) is 10.2. The van der Waals surface area contributed by atoms with Gasteiger partial charge in [-0.1, -0.05) is 28.1 Å². The standard InChI is InChI=1S/C19H16BrNO5S/c1-3-25-18(23)11(2)21-17(22)16(27-19(21)24)10-14-7-8-15(26-14)12-5-4-6-13(20)9-12/h4-11H,3H2,1-2H3/b16-10+. The topological polar surface area (TPSA) is 76.8 Å². The average molecular weight is 450 g/mol. The number of esters is 1. The Labute approximate surface area is 168 Å². The zero-order valence-corrected chi connectivity index (χ0v) is 17.0. The van der Waals surface area contributed by atoms with Crippen molar-refractivity contribution < 1.29 is 23.5 Å². The lowest BCUT2D eigenvalue weighted by Crippen LogP contribution is -2.42. The van der Waals surface area contributed by atoms with Crippen molar-refractivity contribution in [2.45, 2.75) is 19.9 Å². The lowest BCUT2D eigenvalue weighted by molar-refractivity contribution is -0.150. The number of rotatable bonds is 5. The third-order valence-electron chi connectivity index (χ3n) is 3.85. The molecule has 1 saturated heterocycles. The van der Waals surface area contributed by atoms with Crippen LogP contribution in [0.3, 0.4) is 0 Å². The molecule has 27 heavy (non-hydrogen) atoms. The third-order valence-corrected chi connectivity index (χ3v) is 5.22. The fourth-order valence-corrected chi connectivity index (χ4v) is 3.83. The highest BCUT2D eigenvalue weighted by Crippen LogP contribution is 2.35. The van der Waals surface area contributed by atoms with Crippen LogP contribution in [-0.4, -0.2) is 34.7 Å². The van der Waals surface area contributed by atoms with E-state index in [1.807, 2.05) is 24.3 Å². The summed E-state index contributed by atoms with van der Waals surface area (Å²) in [6.45, 7) is 3.31. The van der Waals surface area contributed by atoms with Crippen LogP contribution in [0.1, 0.15) is 19.6 Å². The van der Waals surface area contributed by atoms with Gasteiger partial charge < -0.3 is 9.15 Å². The molecule has 2 aromatic rings. The van der Waals surface area contributed by atoms with E-state index in [0.29, 0.717) is 11.5 Å². The van der Waals surface area contributed by atoms with Crippen molar-refractivity contribution in [3.8, 4) is 11.3 Å². The highest BCUT2D eigenvalue weighted by atomic mass is 79.9. The molecule has 8 heteroatoms. The van der Waals surface area contributed by atoms with Crippen LogP contribution in [0.15, 0.2) is 50.2 Å². The Bertz CT molecular complexity index is 936. The van der Waals surface area contributed by atoms with Gasteiger partial charge in [-0.05, 0) is 49.9 Å². The Morgan fingerprint density at radius 1 is 1.33 bits per heavy atom. The normalized spacial score (nSPS) is 16.9. The molecule has 1 aliphatic rings. The van der Waals surface area contributed by atoms with Gasteiger partial charge in [0.2, 0.25) is 0 Å². The first-order valence-corrected chi connectivity index (χ1v) is 9.81. The van der Waals surface area contributed by atoms with E-state index in [1.165, 1.54) is 13.0 Å². The number of hydrogen-bond donors (Lipinski definition) is 0. The minimum atomic E-state index is -0.975. The van der Waals surface area contributed by atoms with Crippen molar-refractivity contribution in [1.82, 2.24) is 4.90 Å². The molecule has 0 spiro atoms. The zero-order chi connectivity index (χ0) is 19.6. The molecular weight excluding hydrogens is 434 g/mol. The van der Waals surface area contributed by atoms with E-state index in [9.17, 15) is 14.4 Å². The number of halogens is 1. The van der Waals surface area contributed by atoms with E-state index < -0.39 is 23.2 Å². The number of nitrogens with zero attached hydrogens (tertiary/aromatic N) is 1. The third kappa shape index (κ3) is 4.17. The summed E-state index contributed by atoms with van der Waals surface area (Å²) in [4.78, 5) is 37.7. The minimum Gasteiger partial charge on any atom is -0.464 e. The van der Waals surface area contributed by atoms with Crippen LogP contribution in [0.5, 0.6) is 0 Å². The molecule has 2 heterocycles. The number of hydrogen-bond acceptors (Lipinski definition) is 6. The monoisotopic (exact) mass is 449 g/mol. The van der Waals surface area contributed by atoms with Crippen molar-refractivity contribution in [2.24, 2.45) is 0 Å². The molecule has 0 aliphatic carbocycles. The van der Waals surface area contributed by atoms with Crippen molar-refractivity contribution in [2.75, 3.05) is 6.61 Å². The summed E-state index contributed by atoms with van der Waals surface area (Å²) >= 11 is 4.18. The van der Waals surface area contributed by atoms with Gasteiger partial charge in [-0.2, -0.15) is 0 Å².